The SMILES string of the molecule is C=C\C=C/C(=C\C)C(/C)=C\NC.COC(C)=O. The molecule has 0 atom stereocenters. The Bertz CT molecular complexity index is 312. The summed E-state index contributed by atoms with van der Waals surface area (Å²) in [6.07, 6.45) is 9.79. The fraction of sp³-hybridized carbons (Fsp3) is 0.357. The van der Waals surface area contributed by atoms with Gasteiger partial charge >= 0.3 is 5.97 Å². The highest BCUT2D eigenvalue weighted by Gasteiger charge is 1.91. The van der Waals surface area contributed by atoms with E-state index in [9.17, 15) is 4.79 Å². The quantitative estimate of drug-likeness (QED) is 0.603. The number of nitrogens with one attached hydrogen (secondary N) is 1. The Hall–Kier alpha value is -1.77. The van der Waals surface area contributed by atoms with E-state index >= 15 is 0 Å². The van der Waals surface area contributed by atoms with Crippen LogP contribution in [-0.2, 0) is 9.53 Å². The van der Waals surface area contributed by atoms with Gasteiger partial charge in [0.2, 0.25) is 0 Å². The van der Waals surface area contributed by atoms with Crippen LogP contribution in [0.25, 0.3) is 0 Å². The molecule has 0 aliphatic rings. The van der Waals surface area contributed by atoms with Crippen LogP contribution >= 0.6 is 0 Å². The Morgan fingerprint density at radius 3 is 2.18 bits per heavy atom. The summed E-state index contributed by atoms with van der Waals surface area (Å²) in [6.45, 7) is 9.08. The number of hydrogen-bond donors (Lipinski definition) is 1. The van der Waals surface area contributed by atoms with Crippen LogP contribution in [0.4, 0.5) is 0 Å². The van der Waals surface area contributed by atoms with E-state index in [4.69, 9.17) is 0 Å². The summed E-state index contributed by atoms with van der Waals surface area (Å²) in [5.74, 6) is -0.245. The minimum atomic E-state index is -0.245. The third-order valence-electron chi connectivity index (χ3n) is 1.83. The van der Waals surface area contributed by atoms with Crippen molar-refractivity contribution in [3.8, 4) is 0 Å². The second-order valence-electron chi connectivity index (χ2n) is 3.15. The van der Waals surface area contributed by atoms with Gasteiger partial charge in [0, 0.05) is 14.0 Å². The average Bonchev–Trinajstić information content (AvgIpc) is 2.31. The highest BCUT2D eigenvalue weighted by atomic mass is 16.5. The van der Waals surface area contributed by atoms with Gasteiger partial charge in [-0.05, 0) is 31.2 Å². The number of allylic oxidation sites excluding steroid dienone is 6. The molecule has 0 saturated carbocycles. The Morgan fingerprint density at radius 1 is 1.35 bits per heavy atom. The summed E-state index contributed by atoms with van der Waals surface area (Å²) >= 11 is 0. The second-order valence-corrected chi connectivity index (χ2v) is 3.15. The van der Waals surface area contributed by atoms with E-state index in [0.717, 1.165) is 0 Å². The minimum Gasteiger partial charge on any atom is -0.469 e. The lowest BCUT2D eigenvalue weighted by molar-refractivity contribution is -0.137. The summed E-state index contributed by atoms with van der Waals surface area (Å²) in [7, 11) is 3.25. The molecule has 3 nitrogen and oxygen atoms in total. The first-order valence-corrected chi connectivity index (χ1v) is 5.37. The molecule has 17 heavy (non-hydrogen) atoms. The van der Waals surface area contributed by atoms with Crippen LogP contribution in [0.3, 0.4) is 0 Å². The van der Waals surface area contributed by atoms with Crippen LogP contribution in [0.15, 0.2) is 48.2 Å². The molecule has 0 spiro atoms. The van der Waals surface area contributed by atoms with Crippen LogP contribution < -0.4 is 5.32 Å². The third-order valence-corrected chi connectivity index (χ3v) is 1.83. The maximum absolute atomic E-state index is 9.59. The van der Waals surface area contributed by atoms with Crippen molar-refractivity contribution in [1.82, 2.24) is 5.32 Å². The zero-order valence-electron chi connectivity index (χ0n) is 11.4. The highest BCUT2D eigenvalue weighted by molar-refractivity contribution is 5.65. The van der Waals surface area contributed by atoms with Gasteiger partial charge in [0.15, 0.2) is 0 Å². The summed E-state index contributed by atoms with van der Waals surface area (Å²) < 4.78 is 4.11. The molecule has 0 aliphatic heterocycles. The maximum Gasteiger partial charge on any atom is 0.302 e. The predicted molar refractivity (Wildman–Crippen MR) is 73.6 cm³/mol. The van der Waals surface area contributed by atoms with E-state index in [-0.39, 0.29) is 5.97 Å². The number of carbonyl (C=O) groups excluding carboxylic acids is 1. The fourth-order valence-electron chi connectivity index (χ4n) is 0.927. The van der Waals surface area contributed by atoms with Gasteiger partial charge < -0.3 is 10.1 Å². The van der Waals surface area contributed by atoms with Crippen molar-refractivity contribution < 1.29 is 9.53 Å². The first-order valence-electron chi connectivity index (χ1n) is 5.37. The molecule has 3 heteroatoms. The van der Waals surface area contributed by atoms with Crippen LogP contribution in [0.2, 0.25) is 0 Å². The molecule has 0 amide bonds. The normalized spacial score (nSPS) is 11.6. The Morgan fingerprint density at radius 2 is 1.88 bits per heavy atom. The predicted octanol–water partition coefficient (Wildman–Crippen LogP) is 2.98. The summed E-state index contributed by atoms with van der Waals surface area (Å²) in [6, 6.07) is 0. The van der Waals surface area contributed by atoms with Crippen molar-refractivity contribution in [3.63, 3.8) is 0 Å². The van der Waals surface area contributed by atoms with Crippen molar-refractivity contribution >= 4 is 5.97 Å². The number of carbonyl (C=O) groups is 1. The van der Waals surface area contributed by atoms with Crippen LogP contribution in [0.1, 0.15) is 20.8 Å². The van der Waals surface area contributed by atoms with Crippen LogP contribution in [-0.4, -0.2) is 20.1 Å². The summed E-state index contributed by atoms with van der Waals surface area (Å²) in [5.41, 5.74) is 2.43. The van der Waals surface area contributed by atoms with Gasteiger partial charge in [0.05, 0.1) is 7.11 Å². The molecule has 0 unspecified atom stereocenters. The smallest absolute Gasteiger partial charge is 0.302 e. The van der Waals surface area contributed by atoms with E-state index in [0.29, 0.717) is 0 Å². The van der Waals surface area contributed by atoms with Gasteiger partial charge in [-0.1, -0.05) is 30.9 Å². The molecular weight excluding hydrogens is 214 g/mol. The average molecular weight is 237 g/mol. The third kappa shape index (κ3) is 12.2. The molecule has 0 aliphatic carbocycles. The number of methoxy groups -OCH3 is 1. The second kappa shape index (κ2) is 12.3. The molecule has 0 bridgehead atoms. The highest BCUT2D eigenvalue weighted by Crippen LogP contribution is 2.09. The molecule has 0 radical (unpaired) electrons. The molecule has 0 fully saturated rings. The number of esters is 1. The number of rotatable bonds is 4. The van der Waals surface area contributed by atoms with Crippen LogP contribution in [0.5, 0.6) is 0 Å². The standard InChI is InChI=1S/C11H17N.C3H6O2/c1-5-7-8-11(6-2)10(3)9-12-4;1-3(4)5-2/h5-9,12H,1H2,2-4H3;1-2H3/b8-7-,10-9-,11-6+;. The lowest BCUT2D eigenvalue weighted by atomic mass is 10.1. The number of hydrogen-bond acceptors (Lipinski definition) is 3. The van der Waals surface area contributed by atoms with Gasteiger partial charge in [-0.25, -0.2) is 0 Å². The van der Waals surface area contributed by atoms with E-state index < -0.39 is 0 Å². The van der Waals surface area contributed by atoms with Crippen molar-refractivity contribution in [2.75, 3.05) is 14.2 Å². The lowest BCUT2D eigenvalue weighted by Gasteiger charge is -2.00. The summed E-state index contributed by atoms with van der Waals surface area (Å²) in [5, 5.41) is 3.00. The molecule has 0 aromatic rings. The molecule has 0 saturated heterocycles. The topological polar surface area (TPSA) is 38.3 Å². The van der Waals surface area contributed by atoms with E-state index in [2.05, 4.69) is 29.6 Å². The fourth-order valence-corrected chi connectivity index (χ4v) is 0.927. The summed E-state index contributed by atoms with van der Waals surface area (Å²) in [4.78, 5) is 9.59. The molecule has 1 N–H and O–H groups in total. The molecular formula is C14H23NO2. The van der Waals surface area contributed by atoms with E-state index in [1.807, 2.05) is 32.3 Å². The van der Waals surface area contributed by atoms with Gasteiger partial charge in [-0.3, -0.25) is 4.79 Å². The molecule has 0 aromatic heterocycles. The van der Waals surface area contributed by atoms with Crippen molar-refractivity contribution in [1.29, 1.82) is 0 Å². The molecule has 0 rings (SSSR count). The molecule has 0 aromatic carbocycles. The van der Waals surface area contributed by atoms with Crippen molar-refractivity contribution in [2.24, 2.45) is 0 Å². The Labute approximate surface area is 105 Å². The van der Waals surface area contributed by atoms with Crippen molar-refractivity contribution in [2.45, 2.75) is 20.8 Å². The van der Waals surface area contributed by atoms with E-state index in [1.54, 1.807) is 6.08 Å². The Kier molecular flexibility index (Phi) is 12.7. The van der Waals surface area contributed by atoms with Gasteiger partial charge in [0.1, 0.15) is 0 Å². The number of ether oxygens (including phenoxy) is 1. The molecule has 0 heterocycles. The van der Waals surface area contributed by atoms with Gasteiger partial charge in [0.25, 0.3) is 0 Å². The minimum absolute atomic E-state index is 0.245. The van der Waals surface area contributed by atoms with Gasteiger partial charge in [-0.15, -0.1) is 0 Å². The molecule has 96 valence electrons. The zero-order valence-corrected chi connectivity index (χ0v) is 11.4. The Balaban J connectivity index is 0. The first-order chi connectivity index (χ1) is 8.03. The van der Waals surface area contributed by atoms with E-state index in [1.165, 1.54) is 25.2 Å². The maximum atomic E-state index is 9.59. The largest absolute Gasteiger partial charge is 0.469 e. The van der Waals surface area contributed by atoms with Gasteiger partial charge in [-0.2, -0.15) is 0 Å². The van der Waals surface area contributed by atoms with Crippen LogP contribution in [0, 0.1) is 0 Å². The monoisotopic (exact) mass is 237 g/mol. The first kappa shape index (κ1) is 17.6. The lowest BCUT2D eigenvalue weighted by Crippen LogP contribution is -1.95. The van der Waals surface area contributed by atoms with Crippen molar-refractivity contribution in [3.05, 3.63) is 48.2 Å². The zero-order chi connectivity index (χ0) is 13.7.